The molecule has 0 saturated carbocycles. The first kappa shape index (κ1) is 8.86. The third kappa shape index (κ3) is 1.37. The van der Waals surface area contributed by atoms with Crippen molar-refractivity contribution in [2.45, 2.75) is 44.6 Å². The molecule has 61 valence electrons. The molecule has 0 amide bonds. The maximum Gasteiger partial charge on any atom is 0.165 e. The molecule has 1 heterocycles. The first-order chi connectivity index (χ1) is 4.89. The summed E-state index contributed by atoms with van der Waals surface area (Å²) in [5.74, 6) is 0. The Hall–Kier alpha value is -0.235. The molecule has 0 aromatic carbocycles. The van der Waals surface area contributed by atoms with Crippen molar-refractivity contribution in [2.75, 3.05) is 0 Å². The van der Waals surface area contributed by atoms with Gasteiger partial charge in [0.2, 0.25) is 0 Å². The van der Waals surface area contributed by atoms with Crippen LogP contribution in [-0.2, 0) is 4.74 Å². The van der Waals surface area contributed by atoms with Gasteiger partial charge in [0.15, 0.2) is 7.28 Å². The van der Waals surface area contributed by atoms with E-state index in [2.05, 4.69) is 41.6 Å². The average molecular weight is 151 g/mol. The lowest BCUT2D eigenvalue weighted by Gasteiger charge is -2.33. The van der Waals surface area contributed by atoms with Crippen LogP contribution < -0.4 is 0 Å². The fourth-order valence-corrected chi connectivity index (χ4v) is 1.25. The molecule has 0 spiro atoms. The topological polar surface area (TPSA) is 9.23 Å². The highest BCUT2D eigenvalue weighted by atomic mass is 16.5. The average Bonchev–Trinajstić information content (AvgIpc) is 2.03. The SMILES string of the molecule is C=CC1[B]C(C)(C)C(C)(C)O1. The normalized spacial score (nSPS) is 32.9. The van der Waals surface area contributed by atoms with E-state index in [1.165, 1.54) is 0 Å². The second-order valence-electron chi connectivity index (χ2n) is 4.22. The van der Waals surface area contributed by atoms with Crippen molar-refractivity contribution in [2.24, 2.45) is 0 Å². The standard InChI is InChI=1S/C9H16BO/c1-6-7-10-8(2,3)9(4,5)11-7/h6-7H,1H2,2-5H3. The quantitative estimate of drug-likeness (QED) is 0.412. The number of hydrogen-bond donors (Lipinski definition) is 0. The molecule has 0 aromatic rings. The molecular weight excluding hydrogens is 135 g/mol. The van der Waals surface area contributed by atoms with Crippen molar-refractivity contribution in [1.29, 1.82) is 0 Å². The van der Waals surface area contributed by atoms with E-state index in [1.807, 2.05) is 6.08 Å². The molecule has 2 heteroatoms. The van der Waals surface area contributed by atoms with Crippen molar-refractivity contribution < 1.29 is 4.74 Å². The summed E-state index contributed by atoms with van der Waals surface area (Å²) < 4.78 is 5.74. The first-order valence-corrected chi connectivity index (χ1v) is 4.05. The van der Waals surface area contributed by atoms with Crippen molar-refractivity contribution >= 4 is 7.28 Å². The van der Waals surface area contributed by atoms with E-state index in [1.54, 1.807) is 0 Å². The number of hydrogen-bond acceptors (Lipinski definition) is 1. The highest BCUT2D eigenvalue weighted by Crippen LogP contribution is 2.46. The first-order valence-electron chi connectivity index (χ1n) is 4.05. The fourth-order valence-electron chi connectivity index (χ4n) is 1.25. The highest BCUT2D eigenvalue weighted by molar-refractivity contribution is 6.43. The minimum Gasteiger partial charge on any atom is -0.378 e. The third-order valence-electron chi connectivity index (χ3n) is 2.80. The predicted octanol–water partition coefficient (Wildman–Crippen LogP) is 2.21. The molecule has 1 nitrogen and oxygen atoms in total. The molecule has 0 N–H and O–H groups in total. The molecule has 1 fully saturated rings. The van der Waals surface area contributed by atoms with Gasteiger partial charge in [0.25, 0.3) is 0 Å². The Morgan fingerprint density at radius 1 is 1.36 bits per heavy atom. The smallest absolute Gasteiger partial charge is 0.165 e. The summed E-state index contributed by atoms with van der Waals surface area (Å²) in [6.45, 7) is 12.3. The van der Waals surface area contributed by atoms with Crippen LogP contribution in [0.1, 0.15) is 27.7 Å². The van der Waals surface area contributed by atoms with Gasteiger partial charge in [-0.2, -0.15) is 0 Å². The monoisotopic (exact) mass is 151 g/mol. The van der Waals surface area contributed by atoms with E-state index < -0.39 is 0 Å². The van der Waals surface area contributed by atoms with Crippen LogP contribution >= 0.6 is 0 Å². The minimum atomic E-state index is -0.0636. The van der Waals surface area contributed by atoms with Gasteiger partial charge in [-0.1, -0.05) is 19.9 Å². The van der Waals surface area contributed by atoms with Crippen LogP contribution in [0, 0.1) is 0 Å². The van der Waals surface area contributed by atoms with Crippen LogP contribution in [0.5, 0.6) is 0 Å². The third-order valence-corrected chi connectivity index (χ3v) is 2.80. The Labute approximate surface area is 70.1 Å². The van der Waals surface area contributed by atoms with E-state index in [-0.39, 0.29) is 16.9 Å². The van der Waals surface area contributed by atoms with E-state index in [4.69, 9.17) is 4.74 Å². The second-order valence-corrected chi connectivity index (χ2v) is 4.22. The van der Waals surface area contributed by atoms with Crippen LogP contribution in [0.15, 0.2) is 12.7 Å². The van der Waals surface area contributed by atoms with Gasteiger partial charge < -0.3 is 4.74 Å². The highest BCUT2D eigenvalue weighted by Gasteiger charge is 2.47. The molecule has 1 atom stereocenters. The Morgan fingerprint density at radius 3 is 2.09 bits per heavy atom. The van der Waals surface area contributed by atoms with Crippen molar-refractivity contribution in [3.63, 3.8) is 0 Å². The molecule has 0 aliphatic carbocycles. The number of rotatable bonds is 1. The maximum atomic E-state index is 5.74. The Morgan fingerprint density at radius 2 is 1.91 bits per heavy atom. The van der Waals surface area contributed by atoms with Gasteiger partial charge in [0.05, 0.1) is 5.60 Å². The Bertz CT molecular complexity index is 156. The largest absolute Gasteiger partial charge is 0.378 e. The van der Waals surface area contributed by atoms with Gasteiger partial charge in [0, 0.05) is 6.00 Å². The van der Waals surface area contributed by atoms with Gasteiger partial charge in [0.1, 0.15) is 0 Å². The maximum absolute atomic E-state index is 5.74. The lowest BCUT2D eigenvalue weighted by molar-refractivity contribution is -0.0180. The Balaban J connectivity index is 2.79. The lowest BCUT2D eigenvalue weighted by atomic mass is 9.48. The van der Waals surface area contributed by atoms with Gasteiger partial charge in [-0.3, -0.25) is 0 Å². The van der Waals surface area contributed by atoms with Crippen LogP contribution in [-0.4, -0.2) is 18.9 Å². The zero-order valence-electron chi connectivity index (χ0n) is 7.85. The van der Waals surface area contributed by atoms with Crippen molar-refractivity contribution in [3.05, 3.63) is 12.7 Å². The predicted molar refractivity (Wildman–Crippen MR) is 48.9 cm³/mol. The fraction of sp³-hybridized carbons (Fsp3) is 0.778. The summed E-state index contributed by atoms with van der Waals surface area (Å²) >= 11 is 0. The van der Waals surface area contributed by atoms with Crippen molar-refractivity contribution in [1.82, 2.24) is 0 Å². The van der Waals surface area contributed by atoms with Gasteiger partial charge in [-0.25, -0.2) is 0 Å². The van der Waals surface area contributed by atoms with Gasteiger partial charge in [-0.05, 0) is 19.2 Å². The summed E-state index contributed by atoms with van der Waals surface area (Å²) in [7, 11) is 2.21. The molecule has 0 aromatic heterocycles. The minimum absolute atomic E-state index is 0.0636. The summed E-state index contributed by atoms with van der Waals surface area (Å²) in [6, 6.07) is 0.125. The summed E-state index contributed by atoms with van der Waals surface area (Å²) in [4.78, 5) is 0. The number of ether oxygens (including phenoxy) is 1. The van der Waals surface area contributed by atoms with E-state index >= 15 is 0 Å². The van der Waals surface area contributed by atoms with Crippen LogP contribution in [0.3, 0.4) is 0 Å². The summed E-state index contributed by atoms with van der Waals surface area (Å²) in [5, 5.41) is 0.145. The van der Waals surface area contributed by atoms with E-state index in [0.717, 1.165) is 0 Å². The van der Waals surface area contributed by atoms with E-state index in [9.17, 15) is 0 Å². The summed E-state index contributed by atoms with van der Waals surface area (Å²) in [6.07, 6.45) is 1.84. The molecule has 11 heavy (non-hydrogen) atoms. The molecule has 1 aliphatic heterocycles. The lowest BCUT2D eigenvalue weighted by Crippen LogP contribution is -2.31. The van der Waals surface area contributed by atoms with Gasteiger partial charge >= 0.3 is 0 Å². The molecule has 1 unspecified atom stereocenters. The Kier molecular flexibility index (Phi) is 1.91. The van der Waals surface area contributed by atoms with Gasteiger partial charge in [-0.15, -0.1) is 6.58 Å². The summed E-state index contributed by atoms with van der Waals surface area (Å²) in [5.41, 5.74) is -0.0636. The molecule has 0 bridgehead atoms. The molecular formula is C9H16BO. The zero-order chi connectivity index (χ0) is 8.70. The molecule has 1 radical (unpaired) electrons. The van der Waals surface area contributed by atoms with E-state index in [0.29, 0.717) is 0 Å². The van der Waals surface area contributed by atoms with Crippen LogP contribution in [0.4, 0.5) is 0 Å². The zero-order valence-corrected chi connectivity index (χ0v) is 7.85. The molecule has 1 saturated heterocycles. The molecule has 1 aliphatic rings. The second kappa shape index (κ2) is 2.38. The van der Waals surface area contributed by atoms with Crippen LogP contribution in [0.2, 0.25) is 5.31 Å². The molecule has 1 rings (SSSR count). The van der Waals surface area contributed by atoms with Crippen molar-refractivity contribution in [3.8, 4) is 0 Å². The van der Waals surface area contributed by atoms with Crippen LogP contribution in [0.25, 0.3) is 0 Å².